The molecule has 1 heterocycles. The van der Waals surface area contributed by atoms with Crippen LogP contribution in [0.5, 0.6) is 0 Å². The summed E-state index contributed by atoms with van der Waals surface area (Å²) >= 11 is 0. The Morgan fingerprint density at radius 1 is 0.950 bits per heavy atom. The smallest absolute Gasteiger partial charge is 0.0416 e. The zero-order chi connectivity index (χ0) is 12.8. The average Bonchev–Trinajstić information content (AvgIpc) is 3.00. The van der Waals surface area contributed by atoms with Crippen LogP contribution in [-0.4, -0.2) is 17.6 Å². The number of rotatable bonds is 4. The van der Waals surface area contributed by atoms with Gasteiger partial charge >= 0.3 is 0 Å². The number of hydrogen-bond donors (Lipinski definition) is 1. The molecule has 1 aromatic heterocycles. The molecule has 1 aromatic rings. The summed E-state index contributed by atoms with van der Waals surface area (Å²) in [6, 6.07) is 7.14. The second kappa shape index (κ2) is 3.47. The summed E-state index contributed by atoms with van der Waals surface area (Å²) in [6.07, 6.45) is 6.22. The summed E-state index contributed by atoms with van der Waals surface area (Å²) in [5.41, 5.74) is 1.24. The third-order valence-corrected chi connectivity index (χ3v) is 7.81. The van der Waals surface area contributed by atoms with E-state index in [-0.39, 0.29) is 0 Å². The van der Waals surface area contributed by atoms with E-state index in [1.54, 1.807) is 12.8 Å². The van der Waals surface area contributed by atoms with Gasteiger partial charge in [-0.2, -0.15) is 0 Å². The maximum atomic E-state index is 4.45. The number of aromatic nitrogens is 1. The van der Waals surface area contributed by atoms with E-state index >= 15 is 0 Å². The van der Waals surface area contributed by atoms with Crippen LogP contribution < -0.4 is 5.32 Å². The van der Waals surface area contributed by atoms with Gasteiger partial charge in [-0.25, -0.2) is 0 Å². The van der Waals surface area contributed by atoms with Gasteiger partial charge < -0.3 is 5.32 Å². The molecule has 0 aliphatic heterocycles. The lowest BCUT2D eigenvalue weighted by atomic mass is 9.59. The number of nitrogens with zero attached hydrogens (tertiary/aromatic N) is 1. The molecule has 5 aliphatic carbocycles. The third kappa shape index (κ3) is 1.05. The number of pyridine rings is 1. The van der Waals surface area contributed by atoms with Crippen LogP contribution in [0.3, 0.4) is 0 Å². The summed E-state index contributed by atoms with van der Waals surface area (Å²) in [4.78, 5) is 4.45. The molecular formula is C18H22N2. The Morgan fingerprint density at radius 3 is 2.65 bits per heavy atom. The zero-order valence-corrected chi connectivity index (χ0v) is 11.8. The van der Waals surface area contributed by atoms with Gasteiger partial charge in [0.2, 0.25) is 0 Å². The molecule has 5 aliphatic rings. The van der Waals surface area contributed by atoms with Gasteiger partial charge in [0.1, 0.15) is 0 Å². The molecule has 0 amide bonds. The minimum atomic E-state index is 0.876. The van der Waals surface area contributed by atoms with Gasteiger partial charge in [-0.3, -0.25) is 4.98 Å². The Morgan fingerprint density at radius 2 is 1.80 bits per heavy atom. The van der Waals surface area contributed by atoms with E-state index in [0.29, 0.717) is 0 Å². The molecule has 5 fully saturated rings. The fraction of sp³-hybridized carbons (Fsp3) is 0.722. The van der Waals surface area contributed by atoms with Crippen molar-refractivity contribution in [2.24, 2.45) is 47.3 Å². The molecule has 9 atom stereocenters. The minimum absolute atomic E-state index is 0.876. The molecule has 20 heavy (non-hydrogen) atoms. The maximum Gasteiger partial charge on any atom is 0.0416 e. The zero-order valence-electron chi connectivity index (χ0n) is 11.8. The second-order valence-electron chi connectivity index (χ2n) is 7.99. The molecule has 0 unspecified atom stereocenters. The minimum Gasteiger partial charge on any atom is -0.313 e. The van der Waals surface area contributed by atoms with Gasteiger partial charge in [0, 0.05) is 30.9 Å². The maximum absolute atomic E-state index is 4.45. The van der Waals surface area contributed by atoms with Crippen LogP contribution in [0.2, 0.25) is 0 Å². The molecule has 0 spiro atoms. The molecule has 0 saturated heterocycles. The molecular weight excluding hydrogens is 244 g/mol. The molecule has 1 N–H and O–H groups in total. The normalized spacial score (nSPS) is 55.7. The Hall–Kier alpha value is -0.890. The van der Waals surface area contributed by atoms with Crippen molar-refractivity contribution in [2.75, 3.05) is 6.54 Å². The van der Waals surface area contributed by atoms with Crippen molar-refractivity contribution in [1.29, 1.82) is 0 Å². The lowest BCUT2D eigenvalue weighted by Crippen LogP contribution is -2.51. The van der Waals surface area contributed by atoms with Crippen LogP contribution in [0.1, 0.15) is 18.5 Å². The van der Waals surface area contributed by atoms with E-state index in [0.717, 1.165) is 54.5 Å². The highest BCUT2D eigenvalue weighted by atomic mass is 15.0. The first kappa shape index (κ1) is 10.8. The first-order valence-corrected chi connectivity index (χ1v) is 8.57. The van der Waals surface area contributed by atoms with Crippen molar-refractivity contribution in [3.63, 3.8) is 0 Å². The highest BCUT2D eigenvalue weighted by molar-refractivity contribution is 5.29. The number of hydrogen-bond acceptors (Lipinski definition) is 2. The van der Waals surface area contributed by atoms with Crippen molar-refractivity contribution < 1.29 is 0 Å². The Kier molecular flexibility index (Phi) is 1.87. The van der Waals surface area contributed by atoms with Crippen LogP contribution in [0.4, 0.5) is 0 Å². The van der Waals surface area contributed by atoms with Crippen LogP contribution in [0.25, 0.3) is 0 Å². The van der Waals surface area contributed by atoms with Crippen LogP contribution >= 0.6 is 0 Å². The van der Waals surface area contributed by atoms with Gasteiger partial charge in [-0.15, -0.1) is 0 Å². The molecule has 6 rings (SSSR count). The SMILES string of the molecule is c1ccc(CCN[C@H]2[C@@H]3[C@H]4C[C@H]5[C@@H]3C[C@@H]3[C@@H]5[C@H]4[C@H]32)nc1. The highest BCUT2D eigenvalue weighted by Gasteiger charge is 2.80. The van der Waals surface area contributed by atoms with Crippen LogP contribution in [0, 0.1) is 47.3 Å². The fourth-order valence-corrected chi connectivity index (χ4v) is 7.66. The van der Waals surface area contributed by atoms with E-state index < -0.39 is 0 Å². The third-order valence-electron chi connectivity index (χ3n) is 7.81. The second-order valence-corrected chi connectivity index (χ2v) is 7.99. The van der Waals surface area contributed by atoms with Gasteiger partial charge in [0.15, 0.2) is 0 Å². The predicted octanol–water partition coefficient (Wildman–Crippen LogP) is 2.36. The topological polar surface area (TPSA) is 24.9 Å². The van der Waals surface area contributed by atoms with Crippen molar-refractivity contribution in [1.82, 2.24) is 10.3 Å². The molecule has 2 heteroatoms. The largest absolute Gasteiger partial charge is 0.313 e. The quantitative estimate of drug-likeness (QED) is 0.905. The van der Waals surface area contributed by atoms with E-state index in [9.17, 15) is 0 Å². The Bertz CT molecular complexity index is 550. The van der Waals surface area contributed by atoms with Gasteiger partial charge in [0.05, 0.1) is 0 Å². The molecule has 0 aromatic carbocycles. The summed E-state index contributed by atoms with van der Waals surface area (Å²) in [6.45, 7) is 1.13. The van der Waals surface area contributed by atoms with E-state index in [4.69, 9.17) is 0 Å². The summed E-state index contributed by atoms with van der Waals surface area (Å²) in [5, 5.41) is 3.97. The van der Waals surface area contributed by atoms with Gasteiger partial charge in [0.25, 0.3) is 0 Å². The van der Waals surface area contributed by atoms with E-state index in [1.165, 1.54) is 17.5 Å². The summed E-state index contributed by atoms with van der Waals surface area (Å²) < 4.78 is 0. The number of nitrogens with one attached hydrogen (secondary N) is 1. The predicted molar refractivity (Wildman–Crippen MR) is 76.9 cm³/mol. The van der Waals surface area contributed by atoms with Crippen LogP contribution in [-0.2, 0) is 6.42 Å². The Balaban J connectivity index is 1.19. The van der Waals surface area contributed by atoms with Crippen molar-refractivity contribution in [3.8, 4) is 0 Å². The fourth-order valence-electron chi connectivity index (χ4n) is 7.66. The lowest BCUT2D eigenvalue weighted by molar-refractivity contribution is 0.00988. The van der Waals surface area contributed by atoms with Crippen molar-refractivity contribution >= 4 is 0 Å². The van der Waals surface area contributed by atoms with E-state index in [1.807, 2.05) is 12.3 Å². The molecule has 2 nitrogen and oxygen atoms in total. The van der Waals surface area contributed by atoms with Gasteiger partial charge in [-0.1, -0.05) is 6.07 Å². The van der Waals surface area contributed by atoms with E-state index in [2.05, 4.69) is 22.4 Å². The first-order valence-electron chi connectivity index (χ1n) is 8.57. The first-order chi connectivity index (χ1) is 9.93. The standard InChI is InChI=1S/C18H22N2/c1-2-5-19-9(3-1)4-6-20-18-15-11-8-12-14-10(11)7-13(15)16(14)17(12)18/h1-3,5,10-18,20H,4,6-8H2/t10-,11-,12+,13+,14+,15-,16-,17-,18-/m0/s1. The molecule has 2 bridgehead atoms. The summed E-state index contributed by atoms with van der Waals surface area (Å²) in [5.74, 6) is 9.03. The molecule has 5 saturated carbocycles. The van der Waals surface area contributed by atoms with Crippen molar-refractivity contribution in [3.05, 3.63) is 30.1 Å². The van der Waals surface area contributed by atoms with Crippen molar-refractivity contribution in [2.45, 2.75) is 25.3 Å². The molecule has 104 valence electrons. The number of fused-ring (bicyclic) bond motifs is 2. The molecule has 0 radical (unpaired) electrons. The summed E-state index contributed by atoms with van der Waals surface area (Å²) in [7, 11) is 0. The van der Waals surface area contributed by atoms with Crippen LogP contribution in [0.15, 0.2) is 24.4 Å². The monoisotopic (exact) mass is 266 g/mol. The van der Waals surface area contributed by atoms with Gasteiger partial charge in [-0.05, 0) is 72.3 Å². The average molecular weight is 266 g/mol. The highest BCUT2D eigenvalue weighted by Crippen LogP contribution is 2.82. The lowest BCUT2D eigenvalue weighted by Gasteiger charge is -2.48. The Labute approximate surface area is 120 Å².